The minimum atomic E-state index is -0.166. The Morgan fingerprint density at radius 1 is 1.07 bits per heavy atom. The molecule has 8 heteroatoms. The van der Waals surface area contributed by atoms with E-state index in [1.807, 2.05) is 11.6 Å². The molecule has 4 aromatic rings. The van der Waals surface area contributed by atoms with Gasteiger partial charge in [-0.2, -0.15) is 9.50 Å². The summed E-state index contributed by atoms with van der Waals surface area (Å²) < 4.78 is 3.33. The molecule has 152 valence electrons. The lowest BCUT2D eigenvalue weighted by molar-refractivity contribution is 0.824. The van der Waals surface area contributed by atoms with E-state index < -0.39 is 0 Å². The standard InChI is InChI=1S/C22H23N7O/c1-28-12-23-11-16(28)9-15-10-19(30)29-22(24-15)26-21(27-29)25-20-17-6-2-4-13(17)8-14-5-3-7-18(14)20/h8,10-12H,2-7,9H2,1H3,(H2,24,25,26,27). The van der Waals surface area contributed by atoms with Gasteiger partial charge >= 0.3 is 0 Å². The lowest BCUT2D eigenvalue weighted by Crippen LogP contribution is -2.16. The van der Waals surface area contributed by atoms with Crippen molar-refractivity contribution in [3.63, 3.8) is 0 Å². The van der Waals surface area contributed by atoms with E-state index in [9.17, 15) is 4.79 Å². The molecule has 0 radical (unpaired) electrons. The van der Waals surface area contributed by atoms with Crippen molar-refractivity contribution >= 4 is 17.4 Å². The van der Waals surface area contributed by atoms with Crippen LogP contribution in [0.3, 0.4) is 0 Å². The molecule has 3 aromatic heterocycles. The molecule has 3 heterocycles. The third-order valence-electron chi connectivity index (χ3n) is 6.38. The number of H-pyrrole nitrogens is 1. The van der Waals surface area contributed by atoms with E-state index in [0.29, 0.717) is 23.8 Å². The van der Waals surface area contributed by atoms with E-state index in [1.165, 1.54) is 45.3 Å². The van der Waals surface area contributed by atoms with Gasteiger partial charge in [-0.3, -0.25) is 9.89 Å². The number of imidazole rings is 1. The Kier molecular flexibility index (Phi) is 3.81. The Balaban J connectivity index is 1.38. The fourth-order valence-corrected chi connectivity index (χ4v) is 4.90. The van der Waals surface area contributed by atoms with E-state index in [-0.39, 0.29) is 5.56 Å². The molecule has 0 fully saturated rings. The topological polar surface area (TPSA) is 92.9 Å². The molecular formula is C22H23N7O. The van der Waals surface area contributed by atoms with E-state index in [4.69, 9.17) is 0 Å². The maximum atomic E-state index is 12.7. The zero-order valence-electron chi connectivity index (χ0n) is 16.9. The molecule has 0 spiro atoms. The molecule has 1 aromatic carbocycles. The average molecular weight is 401 g/mol. The molecule has 2 aliphatic carbocycles. The number of hydrogen-bond acceptors (Lipinski definition) is 5. The summed E-state index contributed by atoms with van der Waals surface area (Å²) >= 11 is 0. The van der Waals surface area contributed by atoms with Crippen LogP contribution in [0.1, 0.15) is 46.5 Å². The number of anilines is 2. The summed E-state index contributed by atoms with van der Waals surface area (Å²) in [4.78, 5) is 26.0. The van der Waals surface area contributed by atoms with E-state index in [0.717, 1.165) is 31.4 Å². The molecule has 0 unspecified atom stereocenters. The number of nitrogens with zero attached hydrogens (tertiary/aromatic N) is 5. The third kappa shape index (κ3) is 2.74. The first-order valence-electron chi connectivity index (χ1n) is 10.5. The Morgan fingerprint density at radius 3 is 2.53 bits per heavy atom. The number of aromatic amines is 1. The van der Waals surface area contributed by atoms with Crippen LogP contribution in [0.25, 0.3) is 5.78 Å². The summed E-state index contributed by atoms with van der Waals surface area (Å²) in [5, 5.41) is 6.61. The van der Waals surface area contributed by atoms with Gasteiger partial charge in [-0.15, -0.1) is 0 Å². The monoisotopic (exact) mass is 401 g/mol. The van der Waals surface area contributed by atoms with E-state index in [1.54, 1.807) is 18.6 Å². The zero-order valence-corrected chi connectivity index (χ0v) is 16.9. The van der Waals surface area contributed by atoms with Crippen molar-refractivity contribution in [1.29, 1.82) is 0 Å². The first kappa shape index (κ1) is 17.4. The second-order valence-electron chi connectivity index (χ2n) is 8.33. The molecule has 0 amide bonds. The summed E-state index contributed by atoms with van der Waals surface area (Å²) in [6.45, 7) is 0. The van der Waals surface area contributed by atoms with Gasteiger partial charge < -0.3 is 9.88 Å². The van der Waals surface area contributed by atoms with Gasteiger partial charge in [-0.25, -0.2) is 9.97 Å². The lowest BCUT2D eigenvalue weighted by atomic mass is 9.99. The van der Waals surface area contributed by atoms with Crippen LogP contribution in [0.4, 0.5) is 11.6 Å². The van der Waals surface area contributed by atoms with Gasteiger partial charge in [0.1, 0.15) is 0 Å². The minimum Gasteiger partial charge on any atom is -0.337 e. The van der Waals surface area contributed by atoms with Crippen LogP contribution in [-0.2, 0) is 39.2 Å². The lowest BCUT2D eigenvalue weighted by Gasteiger charge is -2.15. The van der Waals surface area contributed by atoms with Gasteiger partial charge in [0.2, 0.25) is 5.95 Å². The predicted octanol–water partition coefficient (Wildman–Crippen LogP) is 2.46. The SMILES string of the molecule is Cn1cncc1Cc1cc(=O)n2[nH]c(Nc3c4c(cc5c3CCC5)CCC4)nc2n1. The molecule has 6 rings (SSSR count). The highest BCUT2D eigenvalue weighted by molar-refractivity contribution is 5.70. The molecular weight excluding hydrogens is 378 g/mol. The fraction of sp³-hybridized carbons (Fsp3) is 0.364. The van der Waals surface area contributed by atoms with Crippen molar-refractivity contribution < 1.29 is 0 Å². The first-order valence-corrected chi connectivity index (χ1v) is 10.5. The highest BCUT2D eigenvalue weighted by Gasteiger charge is 2.24. The highest BCUT2D eigenvalue weighted by atomic mass is 16.1. The molecule has 0 saturated carbocycles. The smallest absolute Gasteiger partial charge is 0.274 e. The van der Waals surface area contributed by atoms with Crippen LogP contribution >= 0.6 is 0 Å². The summed E-state index contributed by atoms with van der Waals surface area (Å²) in [5.74, 6) is 0.943. The number of nitrogens with one attached hydrogen (secondary N) is 2. The van der Waals surface area contributed by atoms with Crippen molar-refractivity contribution in [2.24, 2.45) is 7.05 Å². The molecule has 0 saturated heterocycles. The summed E-state index contributed by atoms with van der Waals surface area (Å²) in [6.07, 6.45) is 11.0. The number of aryl methyl sites for hydroxylation is 3. The Hall–Kier alpha value is -3.42. The first-order chi connectivity index (χ1) is 14.7. The quantitative estimate of drug-likeness (QED) is 0.548. The highest BCUT2D eigenvalue weighted by Crippen LogP contribution is 2.39. The second-order valence-corrected chi connectivity index (χ2v) is 8.33. The van der Waals surface area contributed by atoms with Crippen LogP contribution in [0, 0.1) is 0 Å². The van der Waals surface area contributed by atoms with Crippen LogP contribution in [-0.4, -0.2) is 29.1 Å². The number of aromatic nitrogens is 6. The fourth-order valence-electron chi connectivity index (χ4n) is 4.90. The van der Waals surface area contributed by atoms with Gasteiger partial charge in [0.15, 0.2) is 0 Å². The van der Waals surface area contributed by atoms with Crippen molar-refractivity contribution in [3.05, 3.63) is 68.7 Å². The molecule has 30 heavy (non-hydrogen) atoms. The van der Waals surface area contributed by atoms with Crippen LogP contribution in [0.15, 0.2) is 29.5 Å². The van der Waals surface area contributed by atoms with Crippen LogP contribution in [0.5, 0.6) is 0 Å². The summed E-state index contributed by atoms with van der Waals surface area (Å²) in [6, 6.07) is 3.96. The van der Waals surface area contributed by atoms with Crippen LogP contribution < -0.4 is 10.9 Å². The molecule has 0 bridgehead atoms. The summed E-state index contributed by atoms with van der Waals surface area (Å²) in [7, 11) is 1.93. The Bertz CT molecular complexity index is 1310. The predicted molar refractivity (Wildman–Crippen MR) is 113 cm³/mol. The number of rotatable bonds is 4. The van der Waals surface area contributed by atoms with Crippen molar-refractivity contribution in [2.45, 2.75) is 44.9 Å². The molecule has 2 aliphatic rings. The molecule has 2 N–H and O–H groups in total. The van der Waals surface area contributed by atoms with Crippen molar-refractivity contribution in [1.82, 2.24) is 29.1 Å². The number of benzene rings is 1. The van der Waals surface area contributed by atoms with Crippen molar-refractivity contribution in [2.75, 3.05) is 5.32 Å². The Labute approximate surface area is 173 Å². The van der Waals surface area contributed by atoms with Gasteiger partial charge in [0.25, 0.3) is 11.3 Å². The van der Waals surface area contributed by atoms with E-state index in [2.05, 4.69) is 31.4 Å². The molecule has 8 nitrogen and oxygen atoms in total. The average Bonchev–Trinajstić information content (AvgIpc) is 3.49. The normalized spacial score (nSPS) is 15.0. The summed E-state index contributed by atoms with van der Waals surface area (Å²) in [5.41, 5.74) is 8.45. The third-order valence-corrected chi connectivity index (χ3v) is 6.38. The largest absolute Gasteiger partial charge is 0.337 e. The van der Waals surface area contributed by atoms with Gasteiger partial charge in [-0.1, -0.05) is 6.07 Å². The molecule has 0 atom stereocenters. The molecule has 0 aliphatic heterocycles. The maximum absolute atomic E-state index is 12.7. The van der Waals surface area contributed by atoms with Crippen LogP contribution in [0.2, 0.25) is 0 Å². The number of fused-ring (bicyclic) bond motifs is 3. The minimum absolute atomic E-state index is 0.166. The van der Waals surface area contributed by atoms with Gasteiger partial charge in [0.05, 0.1) is 12.0 Å². The van der Waals surface area contributed by atoms with Gasteiger partial charge in [-0.05, 0) is 60.8 Å². The van der Waals surface area contributed by atoms with Crippen molar-refractivity contribution in [3.8, 4) is 0 Å². The van der Waals surface area contributed by atoms with E-state index >= 15 is 0 Å². The maximum Gasteiger partial charge on any atom is 0.274 e. The number of hydrogen-bond donors (Lipinski definition) is 2. The second kappa shape index (κ2) is 6.55. The zero-order chi connectivity index (χ0) is 20.2. The Morgan fingerprint density at radius 2 is 1.83 bits per heavy atom. The van der Waals surface area contributed by atoms with Gasteiger partial charge in [0, 0.05) is 37.1 Å².